The van der Waals surface area contributed by atoms with Crippen molar-refractivity contribution in [3.05, 3.63) is 71.0 Å². The molecule has 0 fully saturated rings. The van der Waals surface area contributed by atoms with Crippen LogP contribution >= 0.6 is 0 Å². The van der Waals surface area contributed by atoms with E-state index in [1.807, 2.05) is 37.3 Å². The maximum Gasteiger partial charge on any atom is 0.137 e. The van der Waals surface area contributed by atoms with Crippen molar-refractivity contribution in [1.82, 2.24) is 0 Å². The molecule has 1 atom stereocenters. The summed E-state index contributed by atoms with van der Waals surface area (Å²) < 4.78 is 13.2. The molecule has 110 valence electrons. The first-order valence-corrected chi connectivity index (χ1v) is 7.13. The lowest BCUT2D eigenvalue weighted by Gasteiger charge is -2.11. The molecule has 0 spiro atoms. The van der Waals surface area contributed by atoms with E-state index in [1.54, 1.807) is 6.07 Å². The summed E-state index contributed by atoms with van der Waals surface area (Å²) in [5.41, 5.74) is 8.81. The summed E-state index contributed by atoms with van der Waals surface area (Å²) in [5.74, 6) is -0.209. The number of Topliss-reactive ketones (excluding diaryl/α,β-unsaturated/α-hetero) is 1. The number of benzene rings is 2. The Labute approximate surface area is 124 Å². The van der Waals surface area contributed by atoms with Gasteiger partial charge in [0.05, 0.1) is 0 Å². The van der Waals surface area contributed by atoms with E-state index >= 15 is 0 Å². The molecule has 21 heavy (non-hydrogen) atoms. The highest BCUT2D eigenvalue weighted by Crippen LogP contribution is 2.17. The molecule has 0 saturated carbocycles. The van der Waals surface area contributed by atoms with Gasteiger partial charge in [0.25, 0.3) is 0 Å². The zero-order valence-electron chi connectivity index (χ0n) is 12.2. The van der Waals surface area contributed by atoms with E-state index in [-0.39, 0.29) is 24.1 Å². The Hall–Kier alpha value is -2.00. The van der Waals surface area contributed by atoms with Crippen molar-refractivity contribution < 1.29 is 9.18 Å². The Morgan fingerprint density at radius 1 is 1.19 bits per heavy atom. The summed E-state index contributed by atoms with van der Waals surface area (Å²) in [5, 5.41) is 0. The highest BCUT2D eigenvalue weighted by atomic mass is 19.1. The Balaban J connectivity index is 1.89. The zero-order chi connectivity index (χ0) is 15.2. The molecule has 2 N–H and O–H groups in total. The minimum Gasteiger partial charge on any atom is -0.324 e. The van der Waals surface area contributed by atoms with Crippen LogP contribution in [0.4, 0.5) is 4.39 Å². The fraction of sp³-hybridized carbons (Fsp3) is 0.278. The number of rotatable bonds is 6. The normalized spacial score (nSPS) is 12.1. The van der Waals surface area contributed by atoms with Crippen molar-refractivity contribution in [3.8, 4) is 0 Å². The van der Waals surface area contributed by atoms with Crippen LogP contribution in [0.3, 0.4) is 0 Å². The quantitative estimate of drug-likeness (QED) is 0.879. The highest BCUT2D eigenvalue weighted by Gasteiger charge is 2.11. The summed E-state index contributed by atoms with van der Waals surface area (Å²) in [7, 11) is 0. The van der Waals surface area contributed by atoms with Gasteiger partial charge in [-0.15, -0.1) is 0 Å². The molecular formula is C18H20FNO. The van der Waals surface area contributed by atoms with E-state index in [4.69, 9.17) is 5.73 Å². The number of ketones is 1. The molecule has 0 radical (unpaired) electrons. The van der Waals surface area contributed by atoms with Crippen LogP contribution in [0.1, 0.15) is 35.6 Å². The minimum absolute atomic E-state index is 0.0927. The van der Waals surface area contributed by atoms with Gasteiger partial charge in [-0.3, -0.25) is 4.79 Å². The maximum atomic E-state index is 13.2. The van der Waals surface area contributed by atoms with E-state index in [0.717, 1.165) is 16.7 Å². The number of aryl methyl sites for hydroxylation is 1. The second-order valence-electron chi connectivity index (χ2n) is 5.34. The van der Waals surface area contributed by atoms with Crippen LogP contribution in [0.5, 0.6) is 0 Å². The third-order valence-corrected chi connectivity index (χ3v) is 3.66. The number of carbonyl (C=O) groups excluding carboxylic acids is 1. The molecule has 0 aliphatic rings. The number of hydrogen-bond donors (Lipinski definition) is 1. The maximum absolute atomic E-state index is 13.2. The molecule has 0 bridgehead atoms. The van der Waals surface area contributed by atoms with Crippen LogP contribution in [-0.2, 0) is 11.2 Å². The lowest BCUT2D eigenvalue weighted by Crippen LogP contribution is -2.13. The molecule has 0 saturated heterocycles. The smallest absolute Gasteiger partial charge is 0.137 e. The van der Waals surface area contributed by atoms with Crippen molar-refractivity contribution in [1.29, 1.82) is 0 Å². The Morgan fingerprint density at radius 3 is 2.62 bits per heavy atom. The summed E-state index contributed by atoms with van der Waals surface area (Å²) in [4.78, 5) is 12.0. The average molecular weight is 285 g/mol. The summed E-state index contributed by atoms with van der Waals surface area (Å²) in [6.45, 7) is 1.89. The first kappa shape index (κ1) is 15.4. The third-order valence-electron chi connectivity index (χ3n) is 3.66. The monoisotopic (exact) mass is 285 g/mol. The molecule has 1 unspecified atom stereocenters. The first-order chi connectivity index (χ1) is 10.1. The molecule has 0 aliphatic carbocycles. The van der Waals surface area contributed by atoms with Gasteiger partial charge < -0.3 is 5.73 Å². The predicted molar refractivity (Wildman–Crippen MR) is 82.5 cm³/mol. The third kappa shape index (κ3) is 4.50. The standard InChI is InChI=1S/C18H20FNO/c1-13-7-8-16(19)11-15(13)12-17(21)9-10-18(20)14-5-3-2-4-6-14/h2-8,11,18H,9-10,12,20H2,1H3. The number of hydrogen-bond acceptors (Lipinski definition) is 2. The van der Waals surface area contributed by atoms with E-state index < -0.39 is 0 Å². The van der Waals surface area contributed by atoms with Gasteiger partial charge in [0.1, 0.15) is 11.6 Å². The van der Waals surface area contributed by atoms with E-state index in [0.29, 0.717) is 12.8 Å². The highest BCUT2D eigenvalue weighted by molar-refractivity contribution is 5.81. The minimum atomic E-state index is -0.301. The molecule has 2 aromatic carbocycles. The van der Waals surface area contributed by atoms with Gasteiger partial charge >= 0.3 is 0 Å². The van der Waals surface area contributed by atoms with Crippen molar-refractivity contribution in [2.45, 2.75) is 32.2 Å². The van der Waals surface area contributed by atoms with E-state index in [9.17, 15) is 9.18 Å². The average Bonchev–Trinajstić information content (AvgIpc) is 2.49. The largest absolute Gasteiger partial charge is 0.324 e. The van der Waals surface area contributed by atoms with Gasteiger partial charge in [0.2, 0.25) is 0 Å². The molecule has 0 heterocycles. The number of nitrogens with two attached hydrogens (primary N) is 1. The van der Waals surface area contributed by atoms with Crippen LogP contribution in [-0.4, -0.2) is 5.78 Å². The zero-order valence-corrected chi connectivity index (χ0v) is 12.2. The molecule has 0 aliphatic heterocycles. The van der Waals surface area contributed by atoms with Crippen LogP contribution in [0.15, 0.2) is 48.5 Å². The second kappa shape index (κ2) is 7.14. The molecule has 0 amide bonds. The topological polar surface area (TPSA) is 43.1 Å². The summed E-state index contributed by atoms with van der Waals surface area (Å²) in [6, 6.07) is 14.2. The summed E-state index contributed by atoms with van der Waals surface area (Å²) in [6.07, 6.45) is 1.29. The van der Waals surface area contributed by atoms with Crippen molar-refractivity contribution in [3.63, 3.8) is 0 Å². The van der Waals surface area contributed by atoms with Gasteiger partial charge in [0, 0.05) is 18.9 Å². The Kier molecular flexibility index (Phi) is 5.23. The van der Waals surface area contributed by atoms with Crippen molar-refractivity contribution in [2.24, 2.45) is 5.73 Å². The summed E-state index contributed by atoms with van der Waals surface area (Å²) >= 11 is 0. The fourth-order valence-corrected chi connectivity index (χ4v) is 2.31. The Bertz CT molecular complexity index is 610. The second-order valence-corrected chi connectivity index (χ2v) is 5.34. The van der Waals surface area contributed by atoms with Crippen LogP contribution in [0, 0.1) is 12.7 Å². The van der Waals surface area contributed by atoms with Gasteiger partial charge in [-0.05, 0) is 42.2 Å². The van der Waals surface area contributed by atoms with Crippen LogP contribution < -0.4 is 5.73 Å². The molecule has 0 aromatic heterocycles. The number of halogens is 1. The van der Waals surface area contributed by atoms with Gasteiger partial charge in [0.15, 0.2) is 0 Å². The first-order valence-electron chi connectivity index (χ1n) is 7.13. The fourth-order valence-electron chi connectivity index (χ4n) is 2.31. The van der Waals surface area contributed by atoms with Crippen LogP contribution in [0.2, 0.25) is 0 Å². The van der Waals surface area contributed by atoms with E-state index in [2.05, 4.69) is 0 Å². The van der Waals surface area contributed by atoms with E-state index in [1.165, 1.54) is 12.1 Å². The molecule has 2 aromatic rings. The van der Waals surface area contributed by atoms with Gasteiger partial charge in [-0.1, -0.05) is 36.4 Å². The Morgan fingerprint density at radius 2 is 1.90 bits per heavy atom. The molecule has 2 rings (SSSR count). The molecular weight excluding hydrogens is 265 g/mol. The van der Waals surface area contributed by atoms with Gasteiger partial charge in [-0.2, -0.15) is 0 Å². The molecule has 3 heteroatoms. The van der Waals surface area contributed by atoms with Gasteiger partial charge in [-0.25, -0.2) is 4.39 Å². The lowest BCUT2D eigenvalue weighted by molar-refractivity contribution is -0.118. The SMILES string of the molecule is Cc1ccc(F)cc1CC(=O)CCC(N)c1ccccc1. The lowest BCUT2D eigenvalue weighted by atomic mass is 9.97. The van der Waals surface area contributed by atoms with Crippen molar-refractivity contribution >= 4 is 5.78 Å². The van der Waals surface area contributed by atoms with Crippen molar-refractivity contribution in [2.75, 3.05) is 0 Å². The number of carbonyl (C=O) groups is 1. The molecule has 2 nitrogen and oxygen atoms in total. The predicted octanol–water partition coefficient (Wildman–Crippen LogP) is 3.73. The van der Waals surface area contributed by atoms with Crippen LogP contribution in [0.25, 0.3) is 0 Å².